The predicted molar refractivity (Wildman–Crippen MR) is 75.9 cm³/mol. The van der Waals surface area contributed by atoms with Crippen molar-refractivity contribution < 1.29 is 5.11 Å². The van der Waals surface area contributed by atoms with Gasteiger partial charge in [0, 0.05) is 25.3 Å². The molecule has 0 bridgehead atoms. The molecule has 0 unspecified atom stereocenters. The maximum Gasteiger partial charge on any atom is 0.0653 e. The number of nitrogens with one attached hydrogen (secondary N) is 1. The van der Waals surface area contributed by atoms with Crippen molar-refractivity contribution in [1.29, 1.82) is 0 Å². The summed E-state index contributed by atoms with van der Waals surface area (Å²) < 4.78 is 0. The molecule has 0 aromatic heterocycles. The van der Waals surface area contributed by atoms with Crippen LogP contribution in [0.3, 0.4) is 0 Å². The minimum atomic E-state index is -0.479. The van der Waals surface area contributed by atoms with E-state index >= 15 is 0 Å². The molecule has 2 N–H and O–H groups in total. The van der Waals surface area contributed by atoms with E-state index in [0.29, 0.717) is 0 Å². The van der Waals surface area contributed by atoms with E-state index in [1.165, 1.54) is 11.3 Å². The van der Waals surface area contributed by atoms with Crippen LogP contribution in [0.15, 0.2) is 24.3 Å². The lowest BCUT2D eigenvalue weighted by atomic mass is 9.93. The van der Waals surface area contributed by atoms with Crippen LogP contribution in [0.1, 0.15) is 32.3 Å². The molecule has 0 radical (unpaired) electrons. The Morgan fingerprint density at radius 3 is 2.61 bits per heavy atom. The zero-order valence-corrected chi connectivity index (χ0v) is 11.4. The fraction of sp³-hybridized carbons (Fsp3) is 0.600. The van der Waals surface area contributed by atoms with Gasteiger partial charge in [-0.05, 0) is 37.9 Å². The molecule has 1 heterocycles. The second kappa shape index (κ2) is 5.72. The average Bonchev–Trinajstić information content (AvgIpc) is 2.37. The van der Waals surface area contributed by atoms with Crippen molar-refractivity contribution in [2.75, 3.05) is 24.5 Å². The molecular weight excluding hydrogens is 224 g/mol. The van der Waals surface area contributed by atoms with Crippen LogP contribution in [-0.4, -0.2) is 30.3 Å². The predicted octanol–water partition coefficient (Wildman–Crippen LogP) is 2.15. The van der Waals surface area contributed by atoms with Crippen LogP contribution in [0.2, 0.25) is 0 Å². The van der Waals surface area contributed by atoms with E-state index in [-0.39, 0.29) is 0 Å². The Balaban J connectivity index is 2.08. The van der Waals surface area contributed by atoms with Gasteiger partial charge in [-0.3, -0.25) is 0 Å². The molecule has 0 amide bonds. The highest BCUT2D eigenvalue weighted by molar-refractivity contribution is 5.54. The Hall–Kier alpha value is -1.06. The van der Waals surface area contributed by atoms with Crippen LogP contribution in [0, 0.1) is 0 Å². The summed E-state index contributed by atoms with van der Waals surface area (Å²) in [6, 6.07) is 8.56. The number of anilines is 1. The largest absolute Gasteiger partial charge is 0.390 e. The molecule has 1 saturated heterocycles. The number of hydrogen-bond donors (Lipinski definition) is 2. The maximum absolute atomic E-state index is 10.0. The number of rotatable bonds is 4. The molecule has 0 saturated carbocycles. The molecule has 1 aliphatic rings. The molecule has 0 aliphatic carbocycles. The van der Waals surface area contributed by atoms with E-state index in [1.54, 1.807) is 0 Å². The minimum Gasteiger partial charge on any atom is -0.390 e. The molecule has 0 spiro atoms. The summed E-state index contributed by atoms with van der Waals surface area (Å²) in [6.45, 7) is 7.85. The third-order valence-electron chi connectivity index (χ3n) is 3.74. The smallest absolute Gasteiger partial charge is 0.0653 e. The highest BCUT2D eigenvalue weighted by Crippen LogP contribution is 2.28. The average molecular weight is 248 g/mol. The van der Waals surface area contributed by atoms with Crippen molar-refractivity contribution >= 4 is 5.69 Å². The number of benzene rings is 1. The summed E-state index contributed by atoms with van der Waals surface area (Å²) in [6.07, 6.45) is 1.70. The summed E-state index contributed by atoms with van der Waals surface area (Å²) in [5.74, 6) is 0. The highest BCUT2D eigenvalue weighted by Gasteiger charge is 2.27. The van der Waals surface area contributed by atoms with Gasteiger partial charge in [-0.25, -0.2) is 0 Å². The zero-order valence-electron chi connectivity index (χ0n) is 11.4. The molecule has 2 rings (SSSR count). The standard InChI is InChI=1S/C15H24N2O/c1-3-16-12-13-6-4-5-7-14(13)17-10-8-15(2,18)9-11-17/h4-7,16,18H,3,8-12H2,1-2H3. The first-order chi connectivity index (χ1) is 8.62. The molecule has 3 nitrogen and oxygen atoms in total. The number of para-hydroxylation sites is 1. The summed E-state index contributed by atoms with van der Waals surface area (Å²) >= 11 is 0. The van der Waals surface area contributed by atoms with Gasteiger partial charge in [-0.1, -0.05) is 25.1 Å². The van der Waals surface area contributed by atoms with E-state index in [2.05, 4.69) is 41.4 Å². The normalized spacial score (nSPS) is 18.9. The summed E-state index contributed by atoms with van der Waals surface area (Å²) in [4.78, 5) is 2.39. The van der Waals surface area contributed by atoms with Crippen molar-refractivity contribution in [2.24, 2.45) is 0 Å². The molecular formula is C15H24N2O. The molecule has 0 atom stereocenters. The first kappa shape index (κ1) is 13.4. The maximum atomic E-state index is 10.0. The van der Waals surface area contributed by atoms with Crippen LogP contribution in [0.5, 0.6) is 0 Å². The van der Waals surface area contributed by atoms with Crippen molar-refractivity contribution in [2.45, 2.75) is 38.8 Å². The summed E-state index contributed by atoms with van der Waals surface area (Å²) in [5.41, 5.74) is 2.18. The van der Waals surface area contributed by atoms with Gasteiger partial charge in [0.15, 0.2) is 0 Å². The van der Waals surface area contributed by atoms with Gasteiger partial charge in [0.1, 0.15) is 0 Å². The van der Waals surface area contributed by atoms with Gasteiger partial charge in [0.2, 0.25) is 0 Å². The van der Waals surface area contributed by atoms with Crippen molar-refractivity contribution in [3.8, 4) is 0 Å². The second-order valence-electron chi connectivity index (χ2n) is 5.39. The molecule has 1 aliphatic heterocycles. The lowest BCUT2D eigenvalue weighted by Gasteiger charge is -2.38. The SMILES string of the molecule is CCNCc1ccccc1N1CCC(C)(O)CC1. The summed E-state index contributed by atoms with van der Waals surface area (Å²) in [5, 5.41) is 13.4. The molecule has 1 aromatic carbocycles. The van der Waals surface area contributed by atoms with Crippen molar-refractivity contribution in [3.63, 3.8) is 0 Å². The van der Waals surface area contributed by atoms with Gasteiger partial charge in [0.25, 0.3) is 0 Å². The van der Waals surface area contributed by atoms with Crippen LogP contribution in [-0.2, 0) is 6.54 Å². The van der Waals surface area contributed by atoms with E-state index in [4.69, 9.17) is 0 Å². The number of piperidine rings is 1. The molecule has 3 heteroatoms. The topological polar surface area (TPSA) is 35.5 Å². The first-order valence-corrected chi connectivity index (χ1v) is 6.88. The number of aliphatic hydroxyl groups is 1. The van der Waals surface area contributed by atoms with Gasteiger partial charge in [0.05, 0.1) is 5.60 Å². The molecule has 1 fully saturated rings. The summed E-state index contributed by atoms with van der Waals surface area (Å²) in [7, 11) is 0. The number of hydrogen-bond acceptors (Lipinski definition) is 3. The Morgan fingerprint density at radius 1 is 1.28 bits per heavy atom. The van der Waals surface area contributed by atoms with E-state index in [9.17, 15) is 5.11 Å². The van der Waals surface area contributed by atoms with Crippen molar-refractivity contribution in [1.82, 2.24) is 5.32 Å². The van der Waals surface area contributed by atoms with Crippen LogP contribution >= 0.6 is 0 Å². The quantitative estimate of drug-likeness (QED) is 0.857. The van der Waals surface area contributed by atoms with Crippen LogP contribution in [0.25, 0.3) is 0 Å². The van der Waals surface area contributed by atoms with Gasteiger partial charge < -0.3 is 15.3 Å². The molecule has 1 aromatic rings. The minimum absolute atomic E-state index is 0.479. The third-order valence-corrected chi connectivity index (χ3v) is 3.74. The van der Waals surface area contributed by atoms with E-state index < -0.39 is 5.60 Å². The van der Waals surface area contributed by atoms with Crippen LogP contribution in [0.4, 0.5) is 5.69 Å². The Labute approximate surface area is 110 Å². The van der Waals surface area contributed by atoms with Crippen molar-refractivity contribution in [3.05, 3.63) is 29.8 Å². The van der Waals surface area contributed by atoms with Gasteiger partial charge >= 0.3 is 0 Å². The molecule has 18 heavy (non-hydrogen) atoms. The first-order valence-electron chi connectivity index (χ1n) is 6.88. The zero-order chi connectivity index (χ0) is 13.0. The third kappa shape index (κ3) is 3.24. The lowest BCUT2D eigenvalue weighted by Crippen LogP contribution is -2.42. The van der Waals surface area contributed by atoms with Gasteiger partial charge in [-0.15, -0.1) is 0 Å². The fourth-order valence-electron chi connectivity index (χ4n) is 2.46. The monoisotopic (exact) mass is 248 g/mol. The Bertz CT molecular complexity index is 380. The second-order valence-corrected chi connectivity index (χ2v) is 5.39. The van der Waals surface area contributed by atoms with Crippen LogP contribution < -0.4 is 10.2 Å². The highest BCUT2D eigenvalue weighted by atomic mass is 16.3. The Kier molecular flexibility index (Phi) is 4.25. The van der Waals surface area contributed by atoms with E-state index in [1.807, 2.05) is 6.92 Å². The Morgan fingerprint density at radius 2 is 1.94 bits per heavy atom. The number of nitrogens with zero attached hydrogens (tertiary/aromatic N) is 1. The lowest BCUT2D eigenvalue weighted by molar-refractivity contribution is 0.0351. The fourth-order valence-corrected chi connectivity index (χ4v) is 2.46. The van der Waals surface area contributed by atoms with E-state index in [0.717, 1.165) is 39.0 Å². The molecule has 100 valence electrons. The van der Waals surface area contributed by atoms with Gasteiger partial charge in [-0.2, -0.15) is 0 Å².